The lowest BCUT2D eigenvalue weighted by molar-refractivity contribution is -0.384. The fraction of sp³-hybridized carbons (Fsp3) is 0.385. The summed E-state index contributed by atoms with van der Waals surface area (Å²) in [5.41, 5.74) is -0.0185. The molecule has 0 spiro atoms. The number of fused-ring (bicyclic) bond motifs is 1. The molecule has 2 aromatic rings. The summed E-state index contributed by atoms with van der Waals surface area (Å²) in [6.07, 6.45) is 1.76. The van der Waals surface area contributed by atoms with E-state index in [1.54, 1.807) is 0 Å². The van der Waals surface area contributed by atoms with Gasteiger partial charge >= 0.3 is 0 Å². The first kappa shape index (κ1) is 26.8. The highest BCUT2D eigenvalue weighted by Crippen LogP contribution is 2.42. The molecule has 0 N–H and O–H groups in total. The van der Waals surface area contributed by atoms with Crippen LogP contribution in [-0.4, -0.2) is 50.4 Å². The number of non-ortho nitro benzene ring substituents is 1. The van der Waals surface area contributed by atoms with Gasteiger partial charge in [-0.25, -0.2) is 5.01 Å². The van der Waals surface area contributed by atoms with Gasteiger partial charge in [-0.15, -0.1) is 11.6 Å². The summed E-state index contributed by atoms with van der Waals surface area (Å²) in [6.45, 7) is 2.01. The Kier molecular flexibility index (Phi) is 7.94. The van der Waals surface area contributed by atoms with Crippen molar-refractivity contribution in [2.24, 2.45) is 17.8 Å². The Morgan fingerprint density at radius 2 is 1.62 bits per heavy atom. The molecule has 1 saturated carbocycles. The summed E-state index contributed by atoms with van der Waals surface area (Å²) < 4.78 is 0. The standard InChI is InChI=1S/C26H25Cl2N3O6/c1-15-2-11-20-21(14-15)26(35)30(25(20)34)29(24(33)17-5-9-19(10-6-17)31(36)37)22(12-13-27)23(32)16-3-7-18(28)8-4-16/h3-10,15,20-22H,2,11-14H2,1H3/t15-,20+,21-,22-/m1/s1. The molecule has 1 aliphatic carbocycles. The Morgan fingerprint density at radius 1 is 1.03 bits per heavy atom. The molecule has 3 amide bonds. The van der Waals surface area contributed by atoms with Crippen LogP contribution in [0.15, 0.2) is 48.5 Å². The largest absolute Gasteiger partial charge is 0.292 e. The second-order valence-corrected chi connectivity index (χ2v) is 10.3. The summed E-state index contributed by atoms with van der Waals surface area (Å²) in [6, 6.07) is 9.54. The van der Waals surface area contributed by atoms with Gasteiger partial charge in [-0.3, -0.25) is 29.3 Å². The molecule has 4 rings (SSSR count). The molecule has 0 bridgehead atoms. The molecule has 1 saturated heterocycles. The predicted octanol–water partition coefficient (Wildman–Crippen LogP) is 4.91. The Hall–Kier alpha value is -3.30. The monoisotopic (exact) mass is 545 g/mol. The lowest BCUT2D eigenvalue weighted by Gasteiger charge is -2.36. The molecule has 0 unspecified atom stereocenters. The number of benzene rings is 2. The number of carbonyl (C=O) groups excluding carboxylic acids is 4. The molecule has 2 fully saturated rings. The topological polar surface area (TPSA) is 118 Å². The van der Waals surface area contributed by atoms with E-state index in [-0.39, 0.29) is 35.0 Å². The first-order chi connectivity index (χ1) is 17.6. The third kappa shape index (κ3) is 5.24. The Morgan fingerprint density at radius 3 is 2.22 bits per heavy atom. The van der Waals surface area contributed by atoms with Gasteiger partial charge in [0.15, 0.2) is 5.78 Å². The highest BCUT2D eigenvalue weighted by atomic mass is 35.5. The Labute approximate surface area is 223 Å². The quantitative estimate of drug-likeness (QED) is 0.153. The van der Waals surface area contributed by atoms with Gasteiger partial charge in [0.05, 0.1) is 16.8 Å². The molecule has 37 heavy (non-hydrogen) atoms. The van der Waals surface area contributed by atoms with Crippen LogP contribution in [0, 0.1) is 27.9 Å². The fourth-order valence-corrected chi connectivity index (χ4v) is 5.42. The van der Waals surface area contributed by atoms with Gasteiger partial charge in [-0.1, -0.05) is 18.5 Å². The highest BCUT2D eigenvalue weighted by Gasteiger charge is 2.54. The van der Waals surface area contributed by atoms with Crippen LogP contribution >= 0.6 is 23.2 Å². The van der Waals surface area contributed by atoms with Gasteiger partial charge in [0.2, 0.25) is 0 Å². The minimum Gasteiger partial charge on any atom is -0.292 e. The van der Waals surface area contributed by atoms with Gasteiger partial charge in [0.1, 0.15) is 6.04 Å². The molecule has 4 atom stereocenters. The van der Waals surface area contributed by atoms with Gasteiger partial charge in [-0.2, -0.15) is 5.01 Å². The number of hydrogen-bond acceptors (Lipinski definition) is 6. The minimum atomic E-state index is -1.27. The maximum atomic E-state index is 13.9. The SMILES string of the molecule is C[C@@H]1CC[C@@H]2C(=O)N(N(C(=O)c3ccc([N+](=O)[O-])cc3)[C@H](CCCl)C(=O)c3ccc(Cl)cc3)C(=O)[C@@H]2C1. The number of nitro groups is 1. The van der Waals surface area contributed by atoms with Crippen LogP contribution in [0.3, 0.4) is 0 Å². The zero-order valence-electron chi connectivity index (χ0n) is 20.0. The van der Waals surface area contributed by atoms with E-state index in [0.29, 0.717) is 17.9 Å². The number of alkyl halides is 1. The lowest BCUT2D eigenvalue weighted by atomic mass is 9.76. The lowest BCUT2D eigenvalue weighted by Crippen LogP contribution is -2.57. The Bertz CT molecular complexity index is 1230. The van der Waals surface area contributed by atoms with Crippen LogP contribution in [0.25, 0.3) is 0 Å². The van der Waals surface area contributed by atoms with Crippen molar-refractivity contribution < 1.29 is 24.1 Å². The number of imide groups is 1. The molecular formula is C26H25Cl2N3O6. The number of Topliss-reactive ketones (excluding diaryl/α,β-unsaturated/α-hetero) is 1. The summed E-state index contributed by atoms with van der Waals surface area (Å²) in [4.78, 5) is 65.2. The molecule has 9 nitrogen and oxygen atoms in total. The van der Waals surface area contributed by atoms with Crippen LogP contribution in [0.1, 0.15) is 53.3 Å². The van der Waals surface area contributed by atoms with Gasteiger partial charge in [0, 0.05) is 34.2 Å². The molecule has 2 aliphatic rings. The number of halogens is 2. The Balaban J connectivity index is 1.80. The van der Waals surface area contributed by atoms with Gasteiger partial charge in [-0.05, 0) is 68.0 Å². The van der Waals surface area contributed by atoms with Gasteiger partial charge < -0.3 is 0 Å². The minimum absolute atomic E-state index is 0.0158. The summed E-state index contributed by atoms with van der Waals surface area (Å²) in [5.74, 6) is -3.32. The fourth-order valence-electron chi connectivity index (χ4n) is 5.09. The summed E-state index contributed by atoms with van der Waals surface area (Å²) >= 11 is 12.0. The van der Waals surface area contributed by atoms with E-state index in [4.69, 9.17) is 23.2 Å². The molecule has 1 heterocycles. The first-order valence-corrected chi connectivity index (χ1v) is 12.9. The smallest absolute Gasteiger partial charge is 0.273 e. The van der Waals surface area contributed by atoms with Crippen molar-refractivity contribution in [2.45, 2.75) is 38.6 Å². The predicted molar refractivity (Wildman–Crippen MR) is 136 cm³/mol. The third-order valence-electron chi connectivity index (χ3n) is 7.02. The normalized spacial score (nSPS) is 21.9. The van der Waals surface area contributed by atoms with E-state index < -0.39 is 46.3 Å². The van der Waals surface area contributed by atoms with Crippen LogP contribution in [-0.2, 0) is 9.59 Å². The number of hydrazine groups is 1. The number of nitrogens with zero attached hydrogens (tertiary/aromatic N) is 3. The van der Waals surface area contributed by atoms with Crippen molar-refractivity contribution in [3.05, 3.63) is 74.8 Å². The zero-order valence-corrected chi connectivity index (χ0v) is 21.5. The highest BCUT2D eigenvalue weighted by molar-refractivity contribution is 6.30. The zero-order chi connectivity index (χ0) is 26.9. The molecule has 2 aromatic carbocycles. The second-order valence-electron chi connectivity index (χ2n) is 9.44. The van der Waals surface area contributed by atoms with Crippen molar-refractivity contribution in [1.82, 2.24) is 10.0 Å². The van der Waals surface area contributed by atoms with Crippen LogP contribution in [0.2, 0.25) is 5.02 Å². The molecule has 194 valence electrons. The summed E-state index contributed by atoms with van der Waals surface area (Å²) in [7, 11) is 0. The number of rotatable bonds is 8. The number of amides is 3. The van der Waals surface area contributed by atoms with E-state index in [0.717, 1.165) is 28.6 Å². The van der Waals surface area contributed by atoms with E-state index in [1.807, 2.05) is 6.92 Å². The van der Waals surface area contributed by atoms with E-state index in [2.05, 4.69) is 0 Å². The molecular weight excluding hydrogens is 521 g/mol. The average Bonchev–Trinajstić information content (AvgIpc) is 3.12. The number of nitro benzene ring substituents is 1. The van der Waals surface area contributed by atoms with Crippen LogP contribution in [0.4, 0.5) is 5.69 Å². The maximum absolute atomic E-state index is 13.9. The van der Waals surface area contributed by atoms with Crippen LogP contribution < -0.4 is 0 Å². The van der Waals surface area contributed by atoms with Crippen molar-refractivity contribution in [1.29, 1.82) is 0 Å². The van der Waals surface area contributed by atoms with E-state index in [1.165, 1.54) is 36.4 Å². The van der Waals surface area contributed by atoms with Crippen molar-refractivity contribution >= 4 is 52.4 Å². The van der Waals surface area contributed by atoms with Crippen molar-refractivity contribution in [3.63, 3.8) is 0 Å². The second kappa shape index (κ2) is 11.0. The third-order valence-corrected chi connectivity index (χ3v) is 7.49. The van der Waals surface area contributed by atoms with E-state index >= 15 is 0 Å². The van der Waals surface area contributed by atoms with Crippen molar-refractivity contribution in [2.75, 3.05) is 5.88 Å². The molecule has 0 aromatic heterocycles. The van der Waals surface area contributed by atoms with Gasteiger partial charge in [0.25, 0.3) is 23.4 Å². The summed E-state index contributed by atoms with van der Waals surface area (Å²) in [5, 5.41) is 13.2. The maximum Gasteiger partial charge on any atom is 0.273 e. The number of ketones is 1. The first-order valence-electron chi connectivity index (χ1n) is 12.0. The van der Waals surface area contributed by atoms with E-state index in [9.17, 15) is 29.3 Å². The average molecular weight is 546 g/mol. The number of carbonyl (C=O) groups is 4. The van der Waals surface area contributed by atoms with Crippen molar-refractivity contribution in [3.8, 4) is 0 Å². The number of hydrogen-bond donors (Lipinski definition) is 0. The van der Waals surface area contributed by atoms with Crippen LogP contribution in [0.5, 0.6) is 0 Å². The molecule has 11 heteroatoms. The molecule has 0 radical (unpaired) electrons. The molecule has 1 aliphatic heterocycles.